The molecule has 0 bridgehead atoms. The molecule has 0 atom stereocenters. The highest BCUT2D eigenvalue weighted by Crippen LogP contribution is 2.33. The van der Waals surface area contributed by atoms with Crippen LogP contribution in [0.25, 0.3) is 11.1 Å². The number of nitrogen functional groups attached to an aromatic ring is 1. The Labute approximate surface area is 113 Å². The fourth-order valence-electron chi connectivity index (χ4n) is 2.25. The van der Waals surface area contributed by atoms with Crippen molar-refractivity contribution in [2.45, 2.75) is 33.7 Å². The zero-order valence-corrected chi connectivity index (χ0v) is 11.8. The average molecular weight is 264 g/mol. The maximum Gasteiger partial charge on any atom is 0.0675 e. The Morgan fingerprint density at radius 3 is 2.67 bits per heavy atom. The highest BCUT2D eigenvalue weighted by Gasteiger charge is 2.15. The SMILES string of the molecule is CCCn1nc(C)c(-c2ccc(N)cc2Cl)c1C. The molecule has 1 aromatic carbocycles. The van der Waals surface area contributed by atoms with Crippen LogP contribution >= 0.6 is 11.6 Å². The molecule has 0 saturated heterocycles. The predicted molar refractivity (Wildman–Crippen MR) is 76.9 cm³/mol. The van der Waals surface area contributed by atoms with Gasteiger partial charge < -0.3 is 5.73 Å². The van der Waals surface area contributed by atoms with Crippen LogP contribution in [0.3, 0.4) is 0 Å². The number of anilines is 1. The van der Waals surface area contributed by atoms with E-state index < -0.39 is 0 Å². The maximum atomic E-state index is 6.28. The molecule has 2 aromatic rings. The van der Waals surface area contributed by atoms with E-state index in [0.29, 0.717) is 10.7 Å². The van der Waals surface area contributed by atoms with Gasteiger partial charge >= 0.3 is 0 Å². The van der Waals surface area contributed by atoms with E-state index >= 15 is 0 Å². The van der Waals surface area contributed by atoms with Crippen molar-refractivity contribution in [1.29, 1.82) is 0 Å². The smallest absolute Gasteiger partial charge is 0.0675 e. The van der Waals surface area contributed by atoms with Crippen molar-refractivity contribution in [2.75, 3.05) is 5.73 Å². The molecule has 0 aliphatic rings. The second-order valence-corrected chi connectivity index (χ2v) is 4.92. The van der Waals surface area contributed by atoms with Crippen molar-refractivity contribution >= 4 is 17.3 Å². The van der Waals surface area contributed by atoms with E-state index in [9.17, 15) is 0 Å². The summed E-state index contributed by atoms with van der Waals surface area (Å²) < 4.78 is 2.04. The Hall–Kier alpha value is -1.48. The van der Waals surface area contributed by atoms with Gasteiger partial charge in [-0.3, -0.25) is 4.68 Å². The van der Waals surface area contributed by atoms with Crippen LogP contribution < -0.4 is 5.73 Å². The highest BCUT2D eigenvalue weighted by molar-refractivity contribution is 6.33. The molecule has 1 aromatic heterocycles. The molecule has 2 N–H and O–H groups in total. The summed E-state index contributed by atoms with van der Waals surface area (Å²) in [6.07, 6.45) is 1.07. The molecule has 4 heteroatoms. The lowest BCUT2D eigenvalue weighted by atomic mass is 10.0. The van der Waals surface area contributed by atoms with Crippen LogP contribution in [0.15, 0.2) is 18.2 Å². The number of hydrogen-bond acceptors (Lipinski definition) is 2. The number of aryl methyl sites for hydroxylation is 2. The summed E-state index contributed by atoms with van der Waals surface area (Å²) in [4.78, 5) is 0. The van der Waals surface area contributed by atoms with Crippen molar-refractivity contribution in [3.05, 3.63) is 34.6 Å². The van der Waals surface area contributed by atoms with E-state index in [-0.39, 0.29) is 0 Å². The largest absolute Gasteiger partial charge is 0.399 e. The van der Waals surface area contributed by atoms with Crippen molar-refractivity contribution < 1.29 is 0 Å². The van der Waals surface area contributed by atoms with Gasteiger partial charge in [0.15, 0.2) is 0 Å². The van der Waals surface area contributed by atoms with E-state index in [0.717, 1.165) is 35.5 Å². The molecule has 3 nitrogen and oxygen atoms in total. The third-order valence-electron chi connectivity index (χ3n) is 3.08. The average Bonchev–Trinajstić information content (AvgIpc) is 2.56. The first-order valence-corrected chi connectivity index (χ1v) is 6.51. The summed E-state index contributed by atoms with van der Waals surface area (Å²) in [5.74, 6) is 0. The summed E-state index contributed by atoms with van der Waals surface area (Å²) >= 11 is 6.28. The second kappa shape index (κ2) is 5.02. The molecule has 0 aliphatic carbocycles. The number of nitrogens with two attached hydrogens (primary N) is 1. The van der Waals surface area contributed by atoms with Crippen LogP contribution in [0.4, 0.5) is 5.69 Å². The van der Waals surface area contributed by atoms with Crippen molar-refractivity contribution in [3.63, 3.8) is 0 Å². The molecule has 0 unspecified atom stereocenters. The summed E-state index contributed by atoms with van der Waals surface area (Å²) in [5, 5.41) is 5.24. The number of halogens is 1. The van der Waals surface area contributed by atoms with Crippen LogP contribution in [-0.2, 0) is 6.54 Å². The Bertz CT molecular complexity index is 573. The third-order valence-corrected chi connectivity index (χ3v) is 3.39. The predicted octanol–water partition coefficient (Wildman–Crippen LogP) is 3.81. The van der Waals surface area contributed by atoms with E-state index in [2.05, 4.69) is 18.9 Å². The lowest BCUT2D eigenvalue weighted by Crippen LogP contribution is -2.01. The van der Waals surface area contributed by atoms with E-state index in [1.54, 1.807) is 6.07 Å². The second-order valence-electron chi connectivity index (χ2n) is 4.51. The van der Waals surface area contributed by atoms with Gasteiger partial charge in [0, 0.05) is 29.1 Å². The zero-order valence-electron chi connectivity index (χ0n) is 11.0. The minimum atomic E-state index is 0.678. The van der Waals surface area contributed by atoms with Crippen LogP contribution in [0.1, 0.15) is 24.7 Å². The fraction of sp³-hybridized carbons (Fsp3) is 0.357. The fourth-order valence-corrected chi connectivity index (χ4v) is 2.53. The topological polar surface area (TPSA) is 43.8 Å². The van der Waals surface area contributed by atoms with Gasteiger partial charge in [0.1, 0.15) is 0 Å². The normalized spacial score (nSPS) is 10.9. The monoisotopic (exact) mass is 263 g/mol. The van der Waals surface area contributed by atoms with Gasteiger partial charge in [0.05, 0.1) is 10.7 Å². The third kappa shape index (κ3) is 2.23. The Morgan fingerprint density at radius 2 is 2.06 bits per heavy atom. The summed E-state index contributed by atoms with van der Waals surface area (Å²) in [5.41, 5.74) is 10.7. The van der Waals surface area contributed by atoms with Gasteiger partial charge in [0.2, 0.25) is 0 Å². The van der Waals surface area contributed by atoms with Gasteiger partial charge in [-0.25, -0.2) is 0 Å². The van der Waals surface area contributed by atoms with Crippen LogP contribution in [-0.4, -0.2) is 9.78 Å². The number of nitrogens with zero attached hydrogens (tertiary/aromatic N) is 2. The molecule has 0 radical (unpaired) electrons. The molecular formula is C14H18ClN3. The van der Waals surface area contributed by atoms with Gasteiger partial charge in [-0.2, -0.15) is 5.10 Å². The van der Waals surface area contributed by atoms with Crippen LogP contribution in [0.5, 0.6) is 0 Å². The minimum Gasteiger partial charge on any atom is -0.399 e. The first-order chi connectivity index (χ1) is 8.54. The van der Waals surface area contributed by atoms with Gasteiger partial charge in [0.25, 0.3) is 0 Å². The Kier molecular flexibility index (Phi) is 3.62. The van der Waals surface area contributed by atoms with E-state index in [1.165, 1.54) is 0 Å². The Balaban J connectivity index is 2.56. The van der Waals surface area contributed by atoms with Gasteiger partial charge in [-0.1, -0.05) is 24.6 Å². The quantitative estimate of drug-likeness (QED) is 0.856. The number of hydrogen-bond donors (Lipinski definition) is 1. The molecule has 0 spiro atoms. The van der Waals surface area contributed by atoms with Crippen LogP contribution in [0.2, 0.25) is 5.02 Å². The van der Waals surface area contributed by atoms with Crippen molar-refractivity contribution in [3.8, 4) is 11.1 Å². The number of aromatic nitrogens is 2. The first kappa shape index (κ1) is 13.0. The Morgan fingerprint density at radius 1 is 1.33 bits per heavy atom. The lowest BCUT2D eigenvalue weighted by Gasteiger charge is -2.07. The molecule has 0 amide bonds. The molecule has 0 fully saturated rings. The number of rotatable bonds is 3. The van der Waals surface area contributed by atoms with Crippen molar-refractivity contribution in [2.24, 2.45) is 0 Å². The maximum absolute atomic E-state index is 6.28. The van der Waals surface area contributed by atoms with E-state index in [1.807, 2.05) is 23.7 Å². The molecule has 18 heavy (non-hydrogen) atoms. The number of benzene rings is 1. The molecule has 0 saturated carbocycles. The standard InChI is InChI=1S/C14H18ClN3/c1-4-7-18-10(3)14(9(2)17-18)12-6-5-11(16)8-13(12)15/h5-6,8H,4,7,16H2,1-3H3. The van der Waals surface area contributed by atoms with Gasteiger partial charge in [-0.05, 0) is 32.4 Å². The summed E-state index contributed by atoms with van der Waals surface area (Å²) in [7, 11) is 0. The molecule has 96 valence electrons. The molecule has 1 heterocycles. The summed E-state index contributed by atoms with van der Waals surface area (Å²) in [6, 6.07) is 5.62. The molecular weight excluding hydrogens is 246 g/mol. The van der Waals surface area contributed by atoms with E-state index in [4.69, 9.17) is 17.3 Å². The zero-order chi connectivity index (χ0) is 13.3. The minimum absolute atomic E-state index is 0.678. The first-order valence-electron chi connectivity index (χ1n) is 6.14. The van der Waals surface area contributed by atoms with Crippen LogP contribution in [0, 0.1) is 13.8 Å². The lowest BCUT2D eigenvalue weighted by molar-refractivity contribution is 0.583. The van der Waals surface area contributed by atoms with Crippen molar-refractivity contribution in [1.82, 2.24) is 9.78 Å². The highest BCUT2D eigenvalue weighted by atomic mass is 35.5. The molecule has 0 aliphatic heterocycles. The molecule has 2 rings (SSSR count). The summed E-state index contributed by atoms with van der Waals surface area (Å²) in [6.45, 7) is 7.17. The van der Waals surface area contributed by atoms with Gasteiger partial charge in [-0.15, -0.1) is 0 Å².